The number of rotatable bonds is 7. The second-order valence-electron chi connectivity index (χ2n) is 10.1. The van der Waals surface area contributed by atoms with Gasteiger partial charge in [-0.05, 0) is 49.1 Å². The Labute approximate surface area is 234 Å². The molecule has 0 radical (unpaired) electrons. The number of methoxy groups -OCH3 is 1. The Hall–Kier alpha value is -4.67. The molecule has 0 aliphatic rings. The van der Waals surface area contributed by atoms with Crippen molar-refractivity contribution in [3.05, 3.63) is 94.6 Å². The number of anilines is 1. The molecule has 0 fully saturated rings. The van der Waals surface area contributed by atoms with E-state index < -0.39 is 17.8 Å². The number of aryl methyl sites for hydroxylation is 1. The van der Waals surface area contributed by atoms with E-state index in [2.05, 4.69) is 20.5 Å². The zero-order valence-corrected chi connectivity index (χ0v) is 23.2. The molecule has 11 heteroatoms. The van der Waals surface area contributed by atoms with Crippen molar-refractivity contribution in [2.45, 2.75) is 46.3 Å². The second kappa shape index (κ2) is 10.7. The smallest absolute Gasteiger partial charge is 0.433 e. The van der Waals surface area contributed by atoms with Crippen molar-refractivity contribution in [2.24, 2.45) is 0 Å². The van der Waals surface area contributed by atoms with E-state index in [0.29, 0.717) is 39.4 Å². The highest BCUT2D eigenvalue weighted by atomic mass is 19.4. The molecule has 5 aromatic rings. The quantitative estimate of drug-likeness (QED) is 0.240. The molecular weight excluding hydrogens is 533 g/mol. The summed E-state index contributed by atoms with van der Waals surface area (Å²) in [5.41, 5.74) is 3.00. The van der Waals surface area contributed by atoms with Gasteiger partial charge in [-0.25, -0.2) is 9.50 Å². The van der Waals surface area contributed by atoms with Crippen LogP contribution in [0.25, 0.3) is 16.9 Å². The van der Waals surface area contributed by atoms with Gasteiger partial charge in [0.25, 0.3) is 5.91 Å². The lowest BCUT2D eigenvalue weighted by Gasteiger charge is -2.12. The van der Waals surface area contributed by atoms with E-state index in [4.69, 9.17) is 4.74 Å². The van der Waals surface area contributed by atoms with E-state index in [-0.39, 0.29) is 22.8 Å². The first kappa shape index (κ1) is 27.9. The summed E-state index contributed by atoms with van der Waals surface area (Å²) < 4.78 is 49.9. The molecule has 212 valence electrons. The predicted molar refractivity (Wildman–Crippen MR) is 149 cm³/mol. The Morgan fingerprint density at radius 2 is 1.80 bits per heavy atom. The fourth-order valence-corrected chi connectivity index (χ4v) is 4.67. The number of hydrogen-bond acceptors (Lipinski definition) is 5. The first-order valence-electron chi connectivity index (χ1n) is 13.0. The first-order valence-corrected chi connectivity index (χ1v) is 13.0. The van der Waals surface area contributed by atoms with Gasteiger partial charge in [-0.15, -0.1) is 0 Å². The van der Waals surface area contributed by atoms with Crippen LogP contribution in [0.2, 0.25) is 0 Å². The van der Waals surface area contributed by atoms with Crippen molar-refractivity contribution in [3.63, 3.8) is 0 Å². The second-order valence-corrected chi connectivity index (χ2v) is 10.1. The number of nitrogens with one attached hydrogen (secondary N) is 1. The third kappa shape index (κ3) is 5.52. The summed E-state index contributed by atoms with van der Waals surface area (Å²) in [5, 5.41) is 11.3. The molecule has 0 bridgehead atoms. The van der Waals surface area contributed by atoms with Gasteiger partial charge in [0.15, 0.2) is 11.3 Å². The number of aromatic nitrogens is 5. The largest absolute Gasteiger partial charge is 0.497 e. The lowest BCUT2D eigenvalue weighted by atomic mass is 10.0. The molecule has 0 aliphatic heterocycles. The van der Waals surface area contributed by atoms with Gasteiger partial charge in [0, 0.05) is 5.56 Å². The number of benzene rings is 2. The minimum atomic E-state index is -4.72. The van der Waals surface area contributed by atoms with Crippen LogP contribution >= 0.6 is 0 Å². The molecule has 2 aromatic carbocycles. The molecule has 5 rings (SSSR count). The van der Waals surface area contributed by atoms with Crippen LogP contribution in [0.15, 0.2) is 60.8 Å². The van der Waals surface area contributed by atoms with Gasteiger partial charge in [0.05, 0.1) is 42.6 Å². The number of carbonyl (C=O) groups excluding carboxylic acids is 1. The van der Waals surface area contributed by atoms with E-state index in [1.807, 2.05) is 57.2 Å². The maximum Gasteiger partial charge on any atom is 0.433 e. The van der Waals surface area contributed by atoms with Crippen LogP contribution in [0, 0.1) is 13.8 Å². The molecule has 0 aliphatic carbocycles. The van der Waals surface area contributed by atoms with E-state index in [1.54, 1.807) is 30.8 Å². The molecule has 1 amide bonds. The molecule has 3 heterocycles. The Morgan fingerprint density at radius 3 is 2.46 bits per heavy atom. The van der Waals surface area contributed by atoms with E-state index in [9.17, 15) is 18.0 Å². The standard InChI is InChI=1S/C30H29F3N6O2/c1-17(2)21-9-11-22(12-10-21)25-14-26(30(31,32)33)39-28(35-25)24(15-34-39)29(40)36-27-18(3)37-38(19(27)4)16-20-7-6-8-23(13-20)41-5/h6-15,17H,16H2,1-5H3,(H,36,40). The van der Waals surface area contributed by atoms with Crippen molar-refractivity contribution >= 4 is 17.2 Å². The SMILES string of the molecule is COc1cccc(Cn2nc(C)c(NC(=O)c3cnn4c(C(F)(F)F)cc(-c5ccc(C(C)C)cc5)nc34)c2C)c1. The highest BCUT2D eigenvalue weighted by Gasteiger charge is 2.36. The van der Waals surface area contributed by atoms with Crippen LogP contribution < -0.4 is 10.1 Å². The topological polar surface area (TPSA) is 86.3 Å². The fraction of sp³-hybridized carbons (Fsp3) is 0.267. The Morgan fingerprint density at radius 1 is 1.07 bits per heavy atom. The summed E-state index contributed by atoms with van der Waals surface area (Å²) in [5.74, 6) is 0.341. The molecular formula is C30H29F3N6O2. The van der Waals surface area contributed by atoms with Gasteiger partial charge in [-0.2, -0.15) is 23.4 Å². The minimum absolute atomic E-state index is 0.0875. The maximum absolute atomic E-state index is 14.1. The third-order valence-corrected chi connectivity index (χ3v) is 6.97. The lowest BCUT2D eigenvalue weighted by Crippen LogP contribution is -2.16. The molecule has 3 aromatic heterocycles. The molecule has 0 spiro atoms. The van der Waals surface area contributed by atoms with Crippen molar-refractivity contribution in [1.82, 2.24) is 24.4 Å². The van der Waals surface area contributed by atoms with Crippen LogP contribution in [-0.4, -0.2) is 37.4 Å². The van der Waals surface area contributed by atoms with Gasteiger partial charge >= 0.3 is 6.18 Å². The van der Waals surface area contributed by atoms with Gasteiger partial charge in [0.2, 0.25) is 0 Å². The summed E-state index contributed by atoms with van der Waals surface area (Å²) in [6, 6.07) is 15.7. The van der Waals surface area contributed by atoms with Gasteiger partial charge in [-0.3, -0.25) is 9.48 Å². The van der Waals surface area contributed by atoms with Crippen LogP contribution in [0.3, 0.4) is 0 Å². The van der Waals surface area contributed by atoms with Crippen LogP contribution in [0.5, 0.6) is 5.75 Å². The maximum atomic E-state index is 14.1. The third-order valence-electron chi connectivity index (χ3n) is 6.97. The van der Waals surface area contributed by atoms with Crippen LogP contribution in [0.1, 0.15) is 58.3 Å². The van der Waals surface area contributed by atoms with Gasteiger partial charge in [0.1, 0.15) is 11.3 Å². The molecule has 0 unspecified atom stereocenters. The average Bonchev–Trinajstić information content (AvgIpc) is 3.48. The highest BCUT2D eigenvalue weighted by Crippen LogP contribution is 2.33. The summed E-state index contributed by atoms with van der Waals surface area (Å²) in [6.07, 6.45) is -3.62. The predicted octanol–water partition coefficient (Wildman–Crippen LogP) is 6.66. The number of nitrogens with zero attached hydrogens (tertiary/aromatic N) is 5. The summed E-state index contributed by atoms with van der Waals surface area (Å²) in [4.78, 5) is 17.9. The number of hydrogen-bond donors (Lipinski definition) is 1. The average molecular weight is 563 g/mol. The summed E-state index contributed by atoms with van der Waals surface area (Å²) >= 11 is 0. The van der Waals surface area contributed by atoms with Gasteiger partial charge in [-0.1, -0.05) is 50.2 Å². The van der Waals surface area contributed by atoms with Crippen molar-refractivity contribution in [3.8, 4) is 17.0 Å². The highest BCUT2D eigenvalue weighted by molar-refractivity contribution is 6.08. The Bertz CT molecular complexity index is 1740. The molecule has 0 atom stereocenters. The fourth-order valence-electron chi connectivity index (χ4n) is 4.67. The number of amides is 1. The van der Waals surface area contributed by atoms with E-state index >= 15 is 0 Å². The number of ether oxygens (including phenoxy) is 1. The zero-order chi connectivity index (χ0) is 29.5. The van der Waals surface area contributed by atoms with E-state index in [0.717, 1.165) is 23.4 Å². The van der Waals surface area contributed by atoms with Crippen molar-refractivity contribution in [2.75, 3.05) is 12.4 Å². The molecule has 1 N–H and O–H groups in total. The Kier molecular flexibility index (Phi) is 7.29. The monoisotopic (exact) mass is 562 g/mol. The van der Waals surface area contributed by atoms with Crippen LogP contribution in [-0.2, 0) is 12.7 Å². The van der Waals surface area contributed by atoms with Crippen molar-refractivity contribution < 1.29 is 22.7 Å². The van der Waals surface area contributed by atoms with Crippen molar-refractivity contribution in [1.29, 1.82) is 0 Å². The first-order chi connectivity index (χ1) is 19.5. The number of halogens is 3. The molecule has 0 saturated carbocycles. The van der Waals surface area contributed by atoms with Gasteiger partial charge < -0.3 is 10.1 Å². The molecule has 41 heavy (non-hydrogen) atoms. The summed E-state index contributed by atoms with van der Waals surface area (Å²) in [6.45, 7) is 8.06. The Balaban J connectivity index is 1.50. The zero-order valence-electron chi connectivity index (χ0n) is 23.2. The van der Waals surface area contributed by atoms with E-state index in [1.165, 1.54) is 0 Å². The van der Waals surface area contributed by atoms with Crippen LogP contribution in [0.4, 0.5) is 18.9 Å². The normalized spacial score (nSPS) is 11.8. The minimum Gasteiger partial charge on any atom is -0.497 e. The lowest BCUT2D eigenvalue weighted by molar-refractivity contribution is -0.142. The number of fused-ring (bicyclic) bond motifs is 1. The number of carbonyl (C=O) groups is 1. The number of alkyl halides is 3. The molecule has 8 nitrogen and oxygen atoms in total. The summed E-state index contributed by atoms with van der Waals surface area (Å²) in [7, 11) is 1.59. The molecule has 0 saturated heterocycles.